The van der Waals surface area contributed by atoms with E-state index >= 15 is 0 Å². The fourth-order valence-electron chi connectivity index (χ4n) is 0.977. The Labute approximate surface area is 91.0 Å². The van der Waals surface area contributed by atoms with Crippen LogP contribution in [-0.4, -0.2) is 36.7 Å². The number of carbonyl (C=O) groups is 1. The minimum absolute atomic E-state index is 0.163. The average molecular weight is 219 g/mol. The molecule has 1 N–H and O–H groups in total. The normalized spacial score (nSPS) is 14.9. The van der Waals surface area contributed by atoms with E-state index in [-0.39, 0.29) is 12.0 Å². The number of nitrogens with one attached hydrogen (secondary N) is 1. The largest absolute Gasteiger partial charge is 0.468 e. The third kappa shape index (κ3) is 5.50. The molecule has 2 unspecified atom stereocenters. The lowest BCUT2D eigenvalue weighted by molar-refractivity contribution is -0.142. The maximum absolute atomic E-state index is 11.3. The highest BCUT2D eigenvalue weighted by atomic mass is 32.2. The van der Waals surface area contributed by atoms with Crippen molar-refractivity contribution < 1.29 is 9.53 Å². The van der Waals surface area contributed by atoms with Gasteiger partial charge in [0.1, 0.15) is 6.04 Å². The Kier molecular flexibility index (Phi) is 7.99. The number of methoxy groups -OCH3 is 1. The number of likely N-dealkylation sites (N-methyl/N-ethyl adjacent to an activating group) is 1. The van der Waals surface area contributed by atoms with Gasteiger partial charge in [0.05, 0.1) is 7.11 Å². The first-order valence-corrected chi connectivity index (χ1v) is 6.13. The van der Waals surface area contributed by atoms with Crippen LogP contribution in [0.1, 0.15) is 27.2 Å². The monoisotopic (exact) mass is 219 g/mol. The molecule has 0 rings (SSSR count). The first-order chi connectivity index (χ1) is 6.65. The molecule has 0 radical (unpaired) electrons. The molecule has 0 saturated heterocycles. The molecule has 0 spiro atoms. The Morgan fingerprint density at radius 1 is 1.50 bits per heavy atom. The van der Waals surface area contributed by atoms with Gasteiger partial charge in [0.2, 0.25) is 0 Å². The molecule has 84 valence electrons. The van der Waals surface area contributed by atoms with E-state index in [0.717, 1.165) is 18.7 Å². The molecule has 0 heterocycles. The Balaban J connectivity index is 3.90. The van der Waals surface area contributed by atoms with Crippen molar-refractivity contribution in [2.45, 2.75) is 38.5 Å². The summed E-state index contributed by atoms with van der Waals surface area (Å²) >= 11 is 1.80. The lowest BCUT2D eigenvalue weighted by Gasteiger charge is -2.16. The second-order valence-electron chi connectivity index (χ2n) is 3.19. The zero-order chi connectivity index (χ0) is 11.0. The van der Waals surface area contributed by atoms with E-state index in [2.05, 4.69) is 19.2 Å². The van der Waals surface area contributed by atoms with Crippen LogP contribution in [0.3, 0.4) is 0 Å². The van der Waals surface area contributed by atoms with Gasteiger partial charge < -0.3 is 10.1 Å². The smallest absolute Gasteiger partial charge is 0.323 e. The quantitative estimate of drug-likeness (QED) is 0.661. The van der Waals surface area contributed by atoms with Crippen LogP contribution in [0.25, 0.3) is 0 Å². The van der Waals surface area contributed by atoms with Gasteiger partial charge in [-0.2, -0.15) is 11.8 Å². The van der Waals surface area contributed by atoms with Crippen LogP contribution in [0, 0.1) is 0 Å². The van der Waals surface area contributed by atoms with E-state index < -0.39 is 0 Å². The van der Waals surface area contributed by atoms with E-state index in [1.165, 1.54) is 7.11 Å². The van der Waals surface area contributed by atoms with E-state index in [9.17, 15) is 4.79 Å². The summed E-state index contributed by atoms with van der Waals surface area (Å²) in [6, 6.07) is -0.163. The molecular weight excluding hydrogens is 198 g/mol. The molecule has 0 aromatic carbocycles. The minimum Gasteiger partial charge on any atom is -0.468 e. The predicted octanol–water partition coefficient (Wildman–Crippen LogP) is 1.67. The van der Waals surface area contributed by atoms with Crippen LogP contribution in [0.15, 0.2) is 0 Å². The molecule has 0 amide bonds. The predicted molar refractivity (Wildman–Crippen MR) is 61.7 cm³/mol. The Hall–Kier alpha value is -0.220. The van der Waals surface area contributed by atoms with Crippen LogP contribution in [0.5, 0.6) is 0 Å². The van der Waals surface area contributed by atoms with Gasteiger partial charge in [0.25, 0.3) is 0 Å². The van der Waals surface area contributed by atoms with Gasteiger partial charge in [-0.3, -0.25) is 4.79 Å². The summed E-state index contributed by atoms with van der Waals surface area (Å²) in [5.74, 6) is 0.623. The second-order valence-corrected chi connectivity index (χ2v) is 4.66. The summed E-state index contributed by atoms with van der Waals surface area (Å²) in [6.45, 7) is 7.10. The van der Waals surface area contributed by atoms with Crippen LogP contribution in [0.2, 0.25) is 0 Å². The summed E-state index contributed by atoms with van der Waals surface area (Å²) in [7, 11) is 1.43. The van der Waals surface area contributed by atoms with E-state index in [0.29, 0.717) is 5.25 Å². The lowest BCUT2D eigenvalue weighted by atomic mass is 10.3. The van der Waals surface area contributed by atoms with Crippen molar-refractivity contribution in [2.75, 3.05) is 19.4 Å². The zero-order valence-electron chi connectivity index (χ0n) is 9.50. The average Bonchev–Trinajstić information content (AvgIpc) is 2.22. The van der Waals surface area contributed by atoms with Gasteiger partial charge >= 0.3 is 5.97 Å². The number of thioether (sulfide) groups is 1. The van der Waals surface area contributed by atoms with Gasteiger partial charge in [-0.05, 0) is 13.0 Å². The number of carbonyl (C=O) groups excluding carboxylic acids is 1. The molecule has 0 aliphatic rings. The molecule has 3 nitrogen and oxygen atoms in total. The number of esters is 1. The summed E-state index contributed by atoms with van der Waals surface area (Å²) in [5.41, 5.74) is 0. The second kappa shape index (κ2) is 8.12. The van der Waals surface area contributed by atoms with Gasteiger partial charge in [0, 0.05) is 11.0 Å². The molecule has 0 aromatic heterocycles. The third-order valence-electron chi connectivity index (χ3n) is 2.06. The van der Waals surface area contributed by atoms with Crippen LogP contribution in [-0.2, 0) is 9.53 Å². The molecular formula is C10H21NO2S. The molecule has 0 fully saturated rings. The van der Waals surface area contributed by atoms with Crippen molar-refractivity contribution in [3.63, 3.8) is 0 Å². The Morgan fingerprint density at radius 2 is 2.14 bits per heavy atom. The van der Waals surface area contributed by atoms with Gasteiger partial charge in [0.15, 0.2) is 0 Å². The summed E-state index contributed by atoms with van der Waals surface area (Å²) in [6.07, 6.45) is 1.13. The lowest BCUT2D eigenvalue weighted by Crippen LogP contribution is -2.39. The topological polar surface area (TPSA) is 38.3 Å². The van der Waals surface area contributed by atoms with Gasteiger partial charge in [-0.25, -0.2) is 0 Å². The highest BCUT2D eigenvalue weighted by Gasteiger charge is 2.18. The molecule has 0 aliphatic carbocycles. The maximum atomic E-state index is 11.3. The van der Waals surface area contributed by atoms with Gasteiger partial charge in [-0.1, -0.05) is 20.8 Å². The minimum atomic E-state index is -0.164. The van der Waals surface area contributed by atoms with E-state index in [4.69, 9.17) is 4.74 Å². The Morgan fingerprint density at radius 3 is 2.57 bits per heavy atom. The Bertz CT molecular complexity index is 164. The molecule has 0 bridgehead atoms. The number of hydrogen-bond donors (Lipinski definition) is 1. The molecule has 0 saturated carbocycles. The fourth-order valence-corrected chi connectivity index (χ4v) is 1.99. The highest BCUT2D eigenvalue weighted by molar-refractivity contribution is 7.99. The maximum Gasteiger partial charge on any atom is 0.323 e. The fraction of sp³-hybridized carbons (Fsp3) is 0.900. The zero-order valence-corrected chi connectivity index (χ0v) is 10.3. The van der Waals surface area contributed by atoms with Gasteiger partial charge in [-0.15, -0.1) is 0 Å². The molecule has 14 heavy (non-hydrogen) atoms. The van der Waals surface area contributed by atoms with Crippen LogP contribution >= 0.6 is 11.8 Å². The molecule has 4 heteroatoms. The molecule has 0 aromatic rings. The number of ether oxygens (including phenoxy) is 1. The first-order valence-electron chi connectivity index (χ1n) is 5.08. The molecule has 0 aliphatic heterocycles. The van der Waals surface area contributed by atoms with Crippen molar-refractivity contribution in [1.29, 1.82) is 0 Å². The first kappa shape index (κ1) is 13.8. The summed E-state index contributed by atoms with van der Waals surface area (Å²) < 4.78 is 4.72. The standard InChI is InChI=1S/C10H21NO2S/c1-5-8(3)14-7-9(11-6-2)10(12)13-4/h8-9,11H,5-7H2,1-4H3. The highest BCUT2D eigenvalue weighted by Crippen LogP contribution is 2.14. The summed E-state index contributed by atoms with van der Waals surface area (Å²) in [4.78, 5) is 11.3. The summed E-state index contributed by atoms with van der Waals surface area (Å²) in [5, 5.41) is 3.72. The number of hydrogen-bond acceptors (Lipinski definition) is 4. The van der Waals surface area contributed by atoms with E-state index in [1.54, 1.807) is 11.8 Å². The van der Waals surface area contributed by atoms with E-state index in [1.807, 2.05) is 6.92 Å². The van der Waals surface area contributed by atoms with Crippen LogP contribution < -0.4 is 5.32 Å². The third-order valence-corrected chi connectivity index (χ3v) is 3.49. The number of rotatable bonds is 7. The van der Waals surface area contributed by atoms with Crippen molar-refractivity contribution >= 4 is 17.7 Å². The molecule has 2 atom stereocenters. The SMILES string of the molecule is CCNC(CSC(C)CC)C(=O)OC. The van der Waals surface area contributed by atoms with Crippen molar-refractivity contribution in [3.05, 3.63) is 0 Å². The van der Waals surface area contributed by atoms with Crippen LogP contribution in [0.4, 0.5) is 0 Å². The van der Waals surface area contributed by atoms with Crippen molar-refractivity contribution in [2.24, 2.45) is 0 Å². The van der Waals surface area contributed by atoms with Crippen molar-refractivity contribution in [1.82, 2.24) is 5.32 Å². The van der Waals surface area contributed by atoms with Crippen molar-refractivity contribution in [3.8, 4) is 0 Å².